The highest BCUT2D eigenvalue weighted by Crippen LogP contribution is 2.39. The Kier molecular flexibility index (Phi) is 7.26. The van der Waals surface area contributed by atoms with E-state index < -0.39 is 17.7 Å². The summed E-state index contributed by atoms with van der Waals surface area (Å²) in [6.07, 6.45) is 1.66. The van der Waals surface area contributed by atoms with E-state index in [0.717, 1.165) is 56.8 Å². The normalized spacial score (nSPS) is 21.0. The molecule has 0 radical (unpaired) electrons. The molecule has 33 heavy (non-hydrogen) atoms. The minimum absolute atomic E-state index is 0.117. The number of ether oxygens (including phenoxy) is 1. The second-order valence-electron chi connectivity index (χ2n) is 8.76. The predicted octanol–water partition coefficient (Wildman–Crippen LogP) is 3.70. The number of nitrogens with zero attached hydrogens (tertiary/aromatic N) is 2. The lowest BCUT2D eigenvalue weighted by Gasteiger charge is -2.29. The number of aliphatic hydroxyl groups is 1. The number of amides is 1. The number of morpholine rings is 1. The van der Waals surface area contributed by atoms with Crippen LogP contribution < -0.4 is 0 Å². The van der Waals surface area contributed by atoms with Crippen LogP contribution in [0.25, 0.3) is 5.76 Å². The van der Waals surface area contributed by atoms with E-state index in [1.165, 1.54) is 5.56 Å². The van der Waals surface area contributed by atoms with E-state index in [2.05, 4.69) is 11.8 Å². The van der Waals surface area contributed by atoms with Crippen LogP contribution in [0.3, 0.4) is 0 Å². The van der Waals surface area contributed by atoms with E-state index in [9.17, 15) is 14.7 Å². The van der Waals surface area contributed by atoms with Crippen LogP contribution in [-0.2, 0) is 20.7 Å². The Bertz CT molecular complexity index is 1020. The largest absolute Gasteiger partial charge is 0.507 e. The molecule has 2 fully saturated rings. The first-order valence-electron chi connectivity index (χ1n) is 11.7. The Morgan fingerprint density at radius 1 is 1.00 bits per heavy atom. The zero-order valence-electron chi connectivity index (χ0n) is 19.4. The zero-order valence-corrected chi connectivity index (χ0v) is 19.4. The van der Waals surface area contributed by atoms with E-state index in [1.807, 2.05) is 43.3 Å². The Balaban J connectivity index is 1.66. The van der Waals surface area contributed by atoms with Crippen molar-refractivity contribution in [1.29, 1.82) is 0 Å². The van der Waals surface area contributed by atoms with Crippen LogP contribution in [0.5, 0.6) is 0 Å². The number of ketones is 1. The van der Waals surface area contributed by atoms with Gasteiger partial charge >= 0.3 is 0 Å². The summed E-state index contributed by atoms with van der Waals surface area (Å²) < 4.78 is 5.41. The highest BCUT2D eigenvalue weighted by atomic mass is 16.5. The lowest BCUT2D eigenvalue weighted by Crippen LogP contribution is -2.38. The van der Waals surface area contributed by atoms with E-state index in [0.29, 0.717) is 12.1 Å². The number of benzene rings is 2. The molecule has 6 nitrogen and oxygen atoms in total. The summed E-state index contributed by atoms with van der Waals surface area (Å²) in [7, 11) is 0. The molecule has 0 aliphatic carbocycles. The molecular weight excluding hydrogens is 416 g/mol. The third-order valence-corrected chi connectivity index (χ3v) is 6.55. The number of likely N-dealkylation sites (tertiary alicyclic amines) is 1. The molecule has 2 aliphatic rings. The molecule has 6 heteroatoms. The summed E-state index contributed by atoms with van der Waals surface area (Å²) in [5.74, 6) is -1.28. The van der Waals surface area contributed by atoms with Gasteiger partial charge in [-0.05, 0) is 30.9 Å². The summed E-state index contributed by atoms with van der Waals surface area (Å²) in [5, 5.41) is 11.1. The van der Waals surface area contributed by atoms with Gasteiger partial charge in [-0.25, -0.2) is 0 Å². The Morgan fingerprint density at radius 3 is 2.30 bits per heavy atom. The fourth-order valence-corrected chi connectivity index (χ4v) is 4.55. The topological polar surface area (TPSA) is 70.1 Å². The molecule has 1 atom stereocenters. The number of hydrogen-bond donors (Lipinski definition) is 1. The van der Waals surface area contributed by atoms with Crippen molar-refractivity contribution in [3.8, 4) is 0 Å². The first kappa shape index (κ1) is 23.2. The van der Waals surface area contributed by atoms with Crippen LogP contribution in [0.4, 0.5) is 0 Å². The number of aliphatic hydroxyl groups excluding tert-OH is 1. The molecule has 0 spiro atoms. The molecule has 0 unspecified atom stereocenters. The van der Waals surface area contributed by atoms with Gasteiger partial charge in [0.15, 0.2) is 0 Å². The third kappa shape index (κ3) is 5.02. The quantitative estimate of drug-likeness (QED) is 0.397. The maximum absolute atomic E-state index is 13.1. The van der Waals surface area contributed by atoms with Gasteiger partial charge in [0.25, 0.3) is 11.7 Å². The molecule has 0 bridgehead atoms. The predicted molar refractivity (Wildman–Crippen MR) is 128 cm³/mol. The van der Waals surface area contributed by atoms with Gasteiger partial charge < -0.3 is 14.7 Å². The first-order valence-corrected chi connectivity index (χ1v) is 11.7. The minimum atomic E-state index is -0.621. The van der Waals surface area contributed by atoms with Gasteiger partial charge in [-0.1, -0.05) is 61.0 Å². The summed E-state index contributed by atoms with van der Waals surface area (Å²) >= 11 is 0. The molecule has 0 aromatic heterocycles. The van der Waals surface area contributed by atoms with Crippen molar-refractivity contribution in [2.75, 3.05) is 39.4 Å². The first-order chi connectivity index (χ1) is 16.0. The van der Waals surface area contributed by atoms with Crippen molar-refractivity contribution >= 4 is 17.4 Å². The number of carbonyl (C=O) groups is 2. The Hall–Kier alpha value is -2.96. The van der Waals surface area contributed by atoms with Crippen molar-refractivity contribution in [1.82, 2.24) is 9.80 Å². The summed E-state index contributed by atoms with van der Waals surface area (Å²) in [5.41, 5.74) is 3.79. The van der Waals surface area contributed by atoms with Crippen LogP contribution >= 0.6 is 0 Å². The van der Waals surface area contributed by atoms with Crippen molar-refractivity contribution in [2.24, 2.45) is 0 Å². The van der Waals surface area contributed by atoms with Gasteiger partial charge in [0.2, 0.25) is 0 Å². The van der Waals surface area contributed by atoms with Gasteiger partial charge in [-0.2, -0.15) is 0 Å². The zero-order chi connectivity index (χ0) is 23.4. The molecule has 2 aromatic rings. The Morgan fingerprint density at radius 2 is 1.67 bits per heavy atom. The molecule has 174 valence electrons. The fourth-order valence-electron chi connectivity index (χ4n) is 4.55. The molecule has 1 amide bonds. The number of hydrogen-bond acceptors (Lipinski definition) is 5. The molecular formula is C27H32N2O4. The maximum atomic E-state index is 13.1. The molecule has 2 aromatic carbocycles. The van der Waals surface area contributed by atoms with E-state index >= 15 is 0 Å². The van der Waals surface area contributed by atoms with E-state index in [-0.39, 0.29) is 11.3 Å². The van der Waals surface area contributed by atoms with Crippen molar-refractivity contribution in [3.05, 3.63) is 76.4 Å². The molecule has 1 N–H and O–H groups in total. The highest BCUT2D eigenvalue weighted by molar-refractivity contribution is 6.46. The average Bonchev–Trinajstić information content (AvgIpc) is 3.10. The monoisotopic (exact) mass is 448 g/mol. The van der Waals surface area contributed by atoms with Crippen LogP contribution in [0.2, 0.25) is 0 Å². The van der Waals surface area contributed by atoms with Gasteiger partial charge in [0.1, 0.15) is 5.76 Å². The smallest absolute Gasteiger partial charge is 0.295 e. The lowest BCUT2D eigenvalue weighted by molar-refractivity contribution is -0.140. The maximum Gasteiger partial charge on any atom is 0.295 e. The summed E-state index contributed by atoms with van der Waals surface area (Å²) in [6, 6.07) is 14.7. The molecule has 4 rings (SSSR count). The van der Waals surface area contributed by atoms with Gasteiger partial charge in [-0.3, -0.25) is 14.5 Å². The minimum Gasteiger partial charge on any atom is -0.507 e. The Labute approximate surface area is 195 Å². The van der Waals surface area contributed by atoms with E-state index in [1.54, 1.807) is 17.0 Å². The highest BCUT2D eigenvalue weighted by Gasteiger charge is 2.45. The van der Waals surface area contributed by atoms with Crippen LogP contribution in [0.15, 0.2) is 54.1 Å². The van der Waals surface area contributed by atoms with Gasteiger partial charge in [0.05, 0.1) is 24.8 Å². The van der Waals surface area contributed by atoms with Crippen molar-refractivity contribution < 1.29 is 19.4 Å². The van der Waals surface area contributed by atoms with Crippen LogP contribution in [0.1, 0.15) is 41.6 Å². The molecule has 2 aliphatic heterocycles. The third-order valence-electron chi connectivity index (χ3n) is 6.55. The number of carbonyl (C=O) groups excluding carboxylic acids is 2. The lowest BCUT2D eigenvalue weighted by atomic mass is 9.94. The molecule has 0 saturated carbocycles. The van der Waals surface area contributed by atoms with Gasteiger partial charge in [0, 0.05) is 31.7 Å². The van der Waals surface area contributed by atoms with Crippen LogP contribution in [0, 0.1) is 6.92 Å². The molecule has 2 heterocycles. The number of Topliss-reactive ketones (excluding diaryl/α,β-unsaturated/α-hetero) is 1. The van der Waals surface area contributed by atoms with Crippen LogP contribution in [-0.4, -0.2) is 66.0 Å². The number of rotatable bonds is 7. The van der Waals surface area contributed by atoms with Gasteiger partial charge in [-0.15, -0.1) is 0 Å². The van der Waals surface area contributed by atoms with Crippen molar-refractivity contribution in [2.45, 2.75) is 32.7 Å². The second kappa shape index (κ2) is 10.3. The average molecular weight is 449 g/mol. The number of aryl methyl sites for hydroxylation is 2. The standard InChI is InChI=1S/C27H32N2O4/c1-3-20-7-11-21(12-8-20)24-23(25(30)22-9-5-19(2)6-10-22)26(31)27(32)29(24)14-4-13-28-15-17-33-18-16-28/h5-12,24,30H,3-4,13-18H2,1-2H3/t24-/m1/s1. The molecule has 2 saturated heterocycles. The van der Waals surface area contributed by atoms with Crippen molar-refractivity contribution in [3.63, 3.8) is 0 Å². The SMILES string of the molecule is CCc1ccc([C@@H]2C(=C(O)c3ccc(C)cc3)C(=O)C(=O)N2CCCN2CCOCC2)cc1. The summed E-state index contributed by atoms with van der Waals surface area (Å²) in [6.45, 7) is 8.56. The van der Waals surface area contributed by atoms with E-state index in [4.69, 9.17) is 4.74 Å². The summed E-state index contributed by atoms with van der Waals surface area (Å²) in [4.78, 5) is 30.2. The fraction of sp³-hybridized carbons (Fsp3) is 0.407. The second-order valence-corrected chi connectivity index (χ2v) is 8.76.